The molecule has 0 amide bonds. The molecular formula is C35H27N3. The largest absolute Gasteiger partial charge is 0.399 e. The molecule has 0 bridgehead atoms. The summed E-state index contributed by atoms with van der Waals surface area (Å²) in [5, 5.41) is 7.12. The van der Waals surface area contributed by atoms with E-state index in [-0.39, 0.29) is 0 Å². The van der Waals surface area contributed by atoms with Gasteiger partial charge in [-0.3, -0.25) is 0 Å². The van der Waals surface area contributed by atoms with Crippen molar-refractivity contribution in [3.05, 3.63) is 122 Å². The van der Waals surface area contributed by atoms with Gasteiger partial charge >= 0.3 is 0 Å². The third-order valence-corrected chi connectivity index (χ3v) is 7.59. The van der Waals surface area contributed by atoms with E-state index in [4.69, 9.17) is 11.5 Å². The van der Waals surface area contributed by atoms with E-state index in [1.807, 2.05) is 24.3 Å². The van der Waals surface area contributed by atoms with Crippen LogP contribution in [0.4, 0.5) is 11.4 Å². The van der Waals surface area contributed by atoms with Crippen molar-refractivity contribution in [2.45, 2.75) is 6.54 Å². The highest BCUT2D eigenvalue weighted by Gasteiger charge is 2.16. The second kappa shape index (κ2) is 8.53. The van der Waals surface area contributed by atoms with Crippen molar-refractivity contribution >= 4 is 54.7 Å². The van der Waals surface area contributed by atoms with E-state index >= 15 is 0 Å². The first-order valence-corrected chi connectivity index (χ1v) is 12.8. The predicted octanol–water partition coefficient (Wildman–Crippen LogP) is 8.79. The molecule has 1 heterocycles. The van der Waals surface area contributed by atoms with E-state index in [0.717, 1.165) is 28.7 Å². The standard InChI is InChI=1S/C35H27N3/c1-2-17-38-33-6-4-3-5-31(33)32-21-26(11-16-34(32)38)35-29(14-10-25-20-28(37)13-15-30(25)35)24-8-7-23-19-27(36)12-9-22(23)18-24/h2-16,18-21H,1,17,36-37H2. The van der Waals surface area contributed by atoms with E-state index in [0.29, 0.717) is 0 Å². The molecule has 0 radical (unpaired) electrons. The first kappa shape index (κ1) is 22.2. The molecule has 7 rings (SSSR count). The Hall–Kier alpha value is -5.02. The molecule has 3 nitrogen and oxygen atoms in total. The maximum atomic E-state index is 6.18. The Bertz CT molecular complexity index is 2040. The molecule has 0 saturated carbocycles. The number of aromatic nitrogens is 1. The van der Waals surface area contributed by atoms with Gasteiger partial charge in [0.25, 0.3) is 0 Å². The maximum absolute atomic E-state index is 6.18. The van der Waals surface area contributed by atoms with Crippen LogP contribution in [0.25, 0.3) is 65.6 Å². The normalized spacial score (nSPS) is 11.6. The molecule has 4 N–H and O–H groups in total. The van der Waals surface area contributed by atoms with Crippen LogP contribution in [-0.2, 0) is 6.54 Å². The van der Waals surface area contributed by atoms with Gasteiger partial charge in [0, 0.05) is 39.7 Å². The Morgan fingerprint density at radius 1 is 0.579 bits per heavy atom. The molecule has 0 unspecified atom stereocenters. The number of hydrogen-bond donors (Lipinski definition) is 2. The Morgan fingerprint density at radius 3 is 2.13 bits per heavy atom. The minimum atomic E-state index is 0.766. The molecule has 0 atom stereocenters. The number of rotatable bonds is 4. The molecule has 7 aromatic rings. The van der Waals surface area contributed by atoms with Gasteiger partial charge in [0.2, 0.25) is 0 Å². The minimum absolute atomic E-state index is 0.766. The summed E-state index contributed by atoms with van der Waals surface area (Å²) in [5.74, 6) is 0. The van der Waals surface area contributed by atoms with Gasteiger partial charge in [0.1, 0.15) is 0 Å². The van der Waals surface area contributed by atoms with Gasteiger partial charge in [-0.25, -0.2) is 0 Å². The second-order valence-electron chi connectivity index (χ2n) is 9.94. The Morgan fingerprint density at radius 2 is 1.26 bits per heavy atom. The van der Waals surface area contributed by atoms with Crippen molar-refractivity contribution < 1.29 is 0 Å². The van der Waals surface area contributed by atoms with E-state index in [2.05, 4.69) is 102 Å². The highest BCUT2D eigenvalue weighted by atomic mass is 15.0. The van der Waals surface area contributed by atoms with E-state index in [1.165, 1.54) is 54.8 Å². The summed E-state index contributed by atoms with van der Waals surface area (Å²) in [6.45, 7) is 4.76. The summed E-state index contributed by atoms with van der Waals surface area (Å²) in [7, 11) is 0. The first-order valence-electron chi connectivity index (χ1n) is 12.8. The van der Waals surface area contributed by atoms with Crippen LogP contribution in [0, 0.1) is 0 Å². The fourth-order valence-electron chi connectivity index (χ4n) is 5.87. The number of anilines is 2. The molecule has 0 fully saturated rings. The summed E-state index contributed by atoms with van der Waals surface area (Å²) in [6, 6.07) is 38.7. The number of nitrogens with zero attached hydrogens (tertiary/aromatic N) is 1. The number of hydrogen-bond acceptors (Lipinski definition) is 2. The molecule has 1 aromatic heterocycles. The van der Waals surface area contributed by atoms with Crippen LogP contribution in [0.1, 0.15) is 0 Å². The Labute approximate surface area is 221 Å². The SMILES string of the molecule is C=CCn1c2ccccc2c2cc(-c3c(-c4ccc5cc(N)ccc5c4)ccc4cc(N)ccc34)ccc21. The van der Waals surface area contributed by atoms with Gasteiger partial charge in [0.05, 0.1) is 0 Å². The zero-order valence-corrected chi connectivity index (χ0v) is 21.0. The van der Waals surface area contributed by atoms with Gasteiger partial charge in [-0.1, -0.05) is 66.7 Å². The number of benzene rings is 6. The van der Waals surface area contributed by atoms with Crippen molar-refractivity contribution in [2.24, 2.45) is 0 Å². The molecule has 0 aliphatic carbocycles. The maximum Gasteiger partial charge on any atom is 0.0494 e. The summed E-state index contributed by atoms with van der Waals surface area (Å²) in [4.78, 5) is 0. The zero-order chi connectivity index (χ0) is 25.8. The van der Waals surface area contributed by atoms with Crippen LogP contribution in [-0.4, -0.2) is 4.57 Å². The highest BCUT2D eigenvalue weighted by Crippen LogP contribution is 2.42. The topological polar surface area (TPSA) is 57.0 Å². The van der Waals surface area contributed by atoms with Gasteiger partial charge in [-0.2, -0.15) is 0 Å². The zero-order valence-electron chi connectivity index (χ0n) is 21.0. The average Bonchev–Trinajstić information content (AvgIpc) is 3.25. The molecule has 0 saturated heterocycles. The smallest absolute Gasteiger partial charge is 0.0494 e. The Balaban J connectivity index is 1.54. The van der Waals surface area contributed by atoms with Crippen LogP contribution in [0.3, 0.4) is 0 Å². The van der Waals surface area contributed by atoms with Crippen molar-refractivity contribution in [1.29, 1.82) is 0 Å². The fraction of sp³-hybridized carbons (Fsp3) is 0.0286. The first-order chi connectivity index (χ1) is 18.6. The van der Waals surface area contributed by atoms with Crippen molar-refractivity contribution in [3.63, 3.8) is 0 Å². The average molecular weight is 490 g/mol. The number of nitrogen functional groups attached to an aromatic ring is 2. The molecule has 0 aliphatic rings. The van der Waals surface area contributed by atoms with Crippen LogP contribution < -0.4 is 11.5 Å². The van der Waals surface area contributed by atoms with Crippen LogP contribution in [0.15, 0.2) is 122 Å². The lowest BCUT2D eigenvalue weighted by molar-refractivity contribution is 0.901. The van der Waals surface area contributed by atoms with E-state index < -0.39 is 0 Å². The summed E-state index contributed by atoms with van der Waals surface area (Å²) >= 11 is 0. The molecule has 0 aliphatic heterocycles. The van der Waals surface area contributed by atoms with Crippen LogP contribution in [0.5, 0.6) is 0 Å². The van der Waals surface area contributed by atoms with Gasteiger partial charge in [-0.15, -0.1) is 6.58 Å². The monoisotopic (exact) mass is 489 g/mol. The minimum Gasteiger partial charge on any atom is -0.399 e. The van der Waals surface area contributed by atoms with Gasteiger partial charge < -0.3 is 16.0 Å². The molecule has 38 heavy (non-hydrogen) atoms. The third-order valence-electron chi connectivity index (χ3n) is 7.59. The second-order valence-corrected chi connectivity index (χ2v) is 9.94. The van der Waals surface area contributed by atoms with Crippen molar-refractivity contribution in [3.8, 4) is 22.3 Å². The van der Waals surface area contributed by atoms with Gasteiger partial charge in [0.15, 0.2) is 0 Å². The summed E-state index contributed by atoms with van der Waals surface area (Å²) in [5.41, 5.74) is 20.9. The quantitative estimate of drug-likeness (QED) is 0.192. The van der Waals surface area contributed by atoms with Crippen molar-refractivity contribution in [2.75, 3.05) is 11.5 Å². The van der Waals surface area contributed by atoms with Crippen molar-refractivity contribution in [1.82, 2.24) is 4.57 Å². The lowest BCUT2D eigenvalue weighted by atomic mass is 9.88. The molecule has 6 aromatic carbocycles. The Kier molecular flexibility index (Phi) is 4.98. The number of nitrogens with two attached hydrogens (primary N) is 2. The molecule has 182 valence electrons. The van der Waals surface area contributed by atoms with Gasteiger partial charge in [-0.05, 0) is 92.3 Å². The summed E-state index contributed by atoms with van der Waals surface area (Å²) in [6.07, 6.45) is 1.96. The van der Waals surface area contributed by atoms with Crippen LogP contribution >= 0.6 is 0 Å². The number of fused-ring (bicyclic) bond motifs is 5. The lowest BCUT2D eigenvalue weighted by Gasteiger charge is -2.16. The van der Waals surface area contributed by atoms with Crippen LogP contribution in [0.2, 0.25) is 0 Å². The number of para-hydroxylation sites is 1. The van der Waals surface area contributed by atoms with E-state index in [9.17, 15) is 0 Å². The molecule has 0 spiro atoms. The fourth-order valence-corrected chi connectivity index (χ4v) is 5.87. The molecule has 3 heteroatoms. The highest BCUT2D eigenvalue weighted by molar-refractivity contribution is 6.12. The molecular weight excluding hydrogens is 462 g/mol. The van der Waals surface area contributed by atoms with E-state index in [1.54, 1.807) is 0 Å². The number of allylic oxidation sites excluding steroid dienone is 1. The predicted molar refractivity (Wildman–Crippen MR) is 164 cm³/mol. The third kappa shape index (κ3) is 3.44. The summed E-state index contributed by atoms with van der Waals surface area (Å²) < 4.78 is 2.33. The lowest BCUT2D eigenvalue weighted by Crippen LogP contribution is -1.94.